The van der Waals surface area contributed by atoms with Gasteiger partial charge in [0.15, 0.2) is 17.7 Å². The Hall–Kier alpha value is -3.98. The molecule has 1 aliphatic carbocycles. The van der Waals surface area contributed by atoms with Crippen molar-refractivity contribution in [1.29, 1.82) is 0 Å². The van der Waals surface area contributed by atoms with Crippen LogP contribution in [0.15, 0.2) is 48.9 Å². The summed E-state index contributed by atoms with van der Waals surface area (Å²) < 4.78 is 5.96. The molecule has 0 spiro atoms. The second kappa shape index (κ2) is 9.34. The van der Waals surface area contributed by atoms with Gasteiger partial charge in [0.25, 0.3) is 0 Å². The Kier molecular flexibility index (Phi) is 5.50. The molecule has 2 unspecified atom stereocenters. The summed E-state index contributed by atoms with van der Waals surface area (Å²) in [5.41, 5.74) is 7.66. The third kappa shape index (κ3) is 4.21. The minimum atomic E-state index is 0.0918. The van der Waals surface area contributed by atoms with Crippen molar-refractivity contribution in [2.24, 2.45) is 5.92 Å². The van der Waals surface area contributed by atoms with Gasteiger partial charge in [-0.1, -0.05) is 18.9 Å². The average molecular weight is 521 g/mol. The Morgan fingerprint density at radius 3 is 2.72 bits per heavy atom. The van der Waals surface area contributed by atoms with Crippen molar-refractivity contribution < 1.29 is 4.74 Å². The predicted octanol–water partition coefficient (Wildman–Crippen LogP) is 5.88. The lowest BCUT2D eigenvalue weighted by molar-refractivity contribution is 0.322. The van der Waals surface area contributed by atoms with E-state index in [0.29, 0.717) is 12.0 Å². The lowest BCUT2D eigenvalue weighted by atomic mass is 10.0. The molecule has 39 heavy (non-hydrogen) atoms. The molecule has 3 aliphatic rings. The number of aromatic nitrogens is 6. The molecule has 1 saturated carbocycles. The number of nitrogens with zero attached hydrogens (tertiary/aromatic N) is 5. The Morgan fingerprint density at radius 1 is 0.949 bits per heavy atom. The molecule has 3 fully saturated rings. The molecular formula is C30H32N8O. The molecule has 4 aromatic heterocycles. The van der Waals surface area contributed by atoms with Crippen LogP contribution in [-0.4, -0.2) is 55.6 Å². The van der Waals surface area contributed by atoms with Gasteiger partial charge in [-0.05, 0) is 62.3 Å². The van der Waals surface area contributed by atoms with Gasteiger partial charge >= 0.3 is 0 Å². The standard InChI is InChI=1S/C30H32N8O/c1-4-11-38(12-5-1)24-10-6-9-23-26(24)35-29(34-23)25-22-14-20(16-32-28(22)37-36-25)19-13-21(17-31-15-19)33-30-27(39-30)18-7-2-3-8-18/h6,9-10,13-18,27,30,33H,1-5,7-8,11-12H2,(H,34,35)(H,32,36,37). The number of hydrogen-bond acceptors (Lipinski definition) is 7. The molecule has 198 valence electrons. The number of fused-ring (bicyclic) bond motifs is 2. The van der Waals surface area contributed by atoms with Crippen LogP contribution in [0.3, 0.4) is 0 Å². The molecule has 3 N–H and O–H groups in total. The second-order valence-corrected chi connectivity index (χ2v) is 11.2. The van der Waals surface area contributed by atoms with Crippen LogP contribution in [0.25, 0.3) is 44.7 Å². The number of anilines is 2. The number of para-hydroxylation sites is 1. The van der Waals surface area contributed by atoms with E-state index in [2.05, 4.69) is 65.7 Å². The molecule has 2 aliphatic heterocycles. The van der Waals surface area contributed by atoms with Crippen molar-refractivity contribution in [3.63, 3.8) is 0 Å². The largest absolute Gasteiger partial charge is 0.370 e. The van der Waals surface area contributed by atoms with Gasteiger partial charge in [0.2, 0.25) is 0 Å². The van der Waals surface area contributed by atoms with Crippen molar-refractivity contribution in [2.75, 3.05) is 23.3 Å². The van der Waals surface area contributed by atoms with E-state index in [1.54, 1.807) is 0 Å². The lowest BCUT2D eigenvalue weighted by Gasteiger charge is -2.28. The average Bonchev–Trinajstić information content (AvgIpc) is 3.38. The number of hydrogen-bond donors (Lipinski definition) is 3. The normalized spacial score (nSPS) is 21.7. The Balaban J connectivity index is 1.09. The Labute approximate surface area is 226 Å². The first-order valence-electron chi connectivity index (χ1n) is 14.3. The van der Waals surface area contributed by atoms with Crippen LogP contribution in [0.2, 0.25) is 0 Å². The zero-order valence-corrected chi connectivity index (χ0v) is 21.9. The summed E-state index contributed by atoms with van der Waals surface area (Å²) in [5, 5.41) is 12.2. The first kappa shape index (κ1) is 23.0. The number of epoxide rings is 1. The van der Waals surface area contributed by atoms with Crippen LogP contribution >= 0.6 is 0 Å². The summed E-state index contributed by atoms with van der Waals surface area (Å²) in [7, 11) is 0. The summed E-state index contributed by atoms with van der Waals surface area (Å²) in [6.45, 7) is 2.16. The smallest absolute Gasteiger partial charge is 0.159 e. The number of imidazole rings is 1. The zero-order chi connectivity index (χ0) is 25.8. The number of piperidine rings is 1. The molecule has 8 rings (SSSR count). The Morgan fingerprint density at radius 2 is 1.82 bits per heavy atom. The molecule has 2 saturated heterocycles. The fraction of sp³-hybridized carbons (Fsp3) is 0.400. The Bertz CT molecular complexity index is 1650. The summed E-state index contributed by atoms with van der Waals surface area (Å²) in [6.07, 6.45) is 15.0. The number of aromatic amines is 2. The van der Waals surface area contributed by atoms with Gasteiger partial charge in [-0.3, -0.25) is 10.1 Å². The summed E-state index contributed by atoms with van der Waals surface area (Å²) in [5.74, 6) is 1.44. The number of H-pyrrole nitrogens is 2. The van der Waals surface area contributed by atoms with Crippen molar-refractivity contribution in [1.82, 2.24) is 30.1 Å². The van der Waals surface area contributed by atoms with E-state index >= 15 is 0 Å². The molecule has 0 radical (unpaired) electrons. The zero-order valence-electron chi connectivity index (χ0n) is 21.9. The van der Waals surface area contributed by atoms with Crippen LogP contribution in [0.4, 0.5) is 11.4 Å². The number of rotatable bonds is 6. The molecule has 0 amide bonds. The van der Waals surface area contributed by atoms with E-state index in [1.807, 2.05) is 18.6 Å². The highest BCUT2D eigenvalue weighted by Crippen LogP contribution is 2.40. The second-order valence-electron chi connectivity index (χ2n) is 11.2. The minimum Gasteiger partial charge on any atom is -0.370 e. The number of benzene rings is 1. The maximum absolute atomic E-state index is 5.96. The first-order chi connectivity index (χ1) is 19.3. The van der Waals surface area contributed by atoms with Crippen LogP contribution in [0, 0.1) is 5.92 Å². The highest BCUT2D eigenvalue weighted by atomic mass is 16.6. The molecule has 5 aromatic rings. The van der Waals surface area contributed by atoms with E-state index in [0.717, 1.165) is 63.5 Å². The highest BCUT2D eigenvalue weighted by Gasteiger charge is 2.45. The van der Waals surface area contributed by atoms with Crippen LogP contribution in [0.1, 0.15) is 44.9 Å². The molecule has 6 heterocycles. The van der Waals surface area contributed by atoms with Crippen molar-refractivity contribution in [3.8, 4) is 22.6 Å². The maximum atomic E-state index is 5.96. The van der Waals surface area contributed by atoms with E-state index in [1.165, 1.54) is 50.6 Å². The third-order valence-electron chi connectivity index (χ3n) is 8.60. The molecule has 2 atom stereocenters. The molecule has 9 nitrogen and oxygen atoms in total. The van der Waals surface area contributed by atoms with Gasteiger partial charge in [0.1, 0.15) is 17.3 Å². The SMILES string of the molecule is c1cc(N2CCCCC2)c2nc(-c3n[nH]c4ncc(-c5cncc(NC6OC6C6CCCC6)c5)cc34)[nH]c2c1. The summed E-state index contributed by atoms with van der Waals surface area (Å²) in [6, 6.07) is 10.6. The van der Waals surface area contributed by atoms with E-state index in [4.69, 9.17) is 9.72 Å². The minimum absolute atomic E-state index is 0.0918. The molecule has 1 aromatic carbocycles. The molecular weight excluding hydrogens is 488 g/mol. The van der Waals surface area contributed by atoms with Crippen LogP contribution < -0.4 is 10.2 Å². The van der Waals surface area contributed by atoms with Gasteiger partial charge in [-0.15, -0.1) is 0 Å². The highest BCUT2D eigenvalue weighted by molar-refractivity contribution is 5.96. The summed E-state index contributed by atoms with van der Waals surface area (Å²) >= 11 is 0. The fourth-order valence-corrected chi connectivity index (χ4v) is 6.49. The maximum Gasteiger partial charge on any atom is 0.159 e. The van der Waals surface area contributed by atoms with Gasteiger partial charge < -0.3 is 19.9 Å². The van der Waals surface area contributed by atoms with Crippen molar-refractivity contribution >= 4 is 33.4 Å². The number of ether oxygens (including phenoxy) is 1. The number of nitrogens with one attached hydrogen (secondary N) is 3. The van der Waals surface area contributed by atoms with Gasteiger partial charge in [0, 0.05) is 36.6 Å². The van der Waals surface area contributed by atoms with Gasteiger partial charge in [-0.25, -0.2) is 9.97 Å². The van der Waals surface area contributed by atoms with E-state index < -0.39 is 0 Å². The quantitative estimate of drug-likeness (QED) is 0.240. The van der Waals surface area contributed by atoms with Crippen LogP contribution in [0.5, 0.6) is 0 Å². The first-order valence-corrected chi connectivity index (χ1v) is 14.3. The van der Waals surface area contributed by atoms with E-state index in [-0.39, 0.29) is 6.23 Å². The summed E-state index contributed by atoms with van der Waals surface area (Å²) in [4.78, 5) is 20.2. The molecule has 9 heteroatoms. The third-order valence-corrected chi connectivity index (χ3v) is 8.60. The van der Waals surface area contributed by atoms with Crippen molar-refractivity contribution in [3.05, 3.63) is 48.9 Å². The molecule has 0 bridgehead atoms. The fourth-order valence-electron chi connectivity index (χ4n) is 6.49. The number of pyridine rings is 2. The monoisotopic (exact) mass is 520 g/mol. The predicted molar refractivity (Wildman–Crippen MR) is 153 cm³/mol. The van der Waals surface area contributed by atoms with Gasteiger partial charge in [-0.2, -0.15) is 5.10 Å². The van der Waals surface area contributed by atoms with Crippen LogP contribution in [-0.2, 0) is 4.74 Å². The van der Waals surface area contributed by atoms with Crippen molar-refractivity contribution in [2.45, 2.75) is 57.3 Å². The topological polar surface area (TPSA) is 111 Å². The lowest BCUT2D eigenvalue weighted by Crippen LogP contribution is -2.29. The van der Waals surface area contributed by atoms with Gasteiger partial charge in [0.05, 0.1) is 28.5 Å². The van der Waals surface area contributed by atoms with E-state index in [9.17, 15) is 0 Å².